The molecule has 1 fully saturated rings. The number of likely N-dealkylation sites (tertiary alicyclic amines) is 1. The summed E-state index contributed by atoms with van der Waals surface area (Å²) in [6.45, 7) is 9.31. The maximum absolute atomic E-state index is 12.6. The second-order valence-corrected chi connectivity index (χ2v) is 10.3. The summed E-state index contributed by atoms with van der Waals surface area (Å²) in [5, 5.41) is 8.63. The molecule has 3 N–H and O–H groups in total. The van der Waals surface area contributed by atoms with E-state index in [1.165, 1.54) is 7.11 Å². The molecule has 1 aliphatic rings. The van der Waals surface area contributed by atoms with Crippen LogP contribution in [0.15, 0.2) is 42.5 Å². The van der Waals surface area contributed by atoms with Crippen molar-refractivity contribution in [2.45, 2.75) is 52.6 Å². The van der Waals surface area contributed by atoms with Gasteiger partial charge in [-0.15, -0.1) is 0 Å². The molecule has 200 valence electrons. The van der Waals surface area contributed by atoms with Crippen molar-refractivity contribution in [1.29, 1.82) is 0 Å². The van der Waals surface area contributed by atoms with Gasteiger partial charge in [0.1, 0.15) is 11.4 Å². The fourth-order valence-electron chi connectivity index (χ4n) is 4.09. The molecular weight excluding hydrogens is 472 g/mol. The van der Waals surface area contributed by atoms with Crippen LogP contribution in [0, 0.1) is 12.8 Å². The Morgan fingerprint density at radius 1 is 1.00 bits per heavy atom. The summed E-state index contributed by atoms with van der Waals surface area (Å²) < 4.78 is 10.9. The number of amides is 4. The molecule has 1 aliphatic heterocycles. The van der Waals surface area contributed by atoms with Gasteiger partial charge in [0.2, 0.25) is 5.91 Å². The standard InChI is InChI=1S/C28H38N4O5/c1-19-8-6-7-9-22(19)30-26(34)31-23-11-10-21(16-24(23)36-5)17-25(33)29-18-20-12-14-32(15-13-20)27(35)37-28(2,3)4/h6-11,16,20H,12-15,17-18H2,1-5H3,(H,29,33)(H2,30,31,34). The predicted molar refractivity (Wildman–Crippen MR) is 144 cm³/mol. The smallest absolute Gasteiger partial charge is 0.410 e. The number of hydrogen-bond acceptors (Lipinski definition) is 5. The molecule has 2 aromatic carbocycles. The van der Waals surface area contributed by atoms with Gasteiger partial charge in [-0.1, -0.05) is 24.3 Å². The van der Waals surface area contributed by atoms with Crippen LogP contribution in [0.4, 0.5) is 21.0 Å². The van der Waals surface area contributed by atoms with E-state index in [4.69, 9.17) is 9.47 Å². The van der Waals surface area contributed by atoms with E-state index in [9.17, 15) is 14.4 Å². The molecule has 37 heavy (non-hydrogen) atoms. The Hall–Kier alpha value is -3.75. The zero-order valence-corrected chi connectivity index (χ0v) is 22.3. The minimum Gasteiger partial charge on any atom is -0.495 e. The van der Waals surface area contributed by atoms with Crippen molar-refractivity contribution in [1.82, 2.24) is 10.2 Å². The second-order valence-electron chi connectivity index (χ2n) is 10.3. The number of rotatable bonds is 7. The predicted octanol–water partition coefficient (Wildman–Crippen LogP) is 4.95. The molecule has 3 rings (SSSR count). The van der Waals surface area contributed by atoms with Crippen molar-refractivity contribution in [2.24, 2.45) is 5.92 Å². The van der Waals surface area contributed by atoms with Crippen LogP contribution in [0.25, 0.3) is 0 Å². The van der Waals surface area contributed by atoms with Gasteiger partial charge in [-0.25, -0.2) is 9.59 Å². The van der Waals surface area contributed by atoms with Gasteiger partial charge in [0.25, 0.3) is 0 Å². The highest BCUT2D eigenvalue weighted by Gasteiger charge is 2.27. The summed E-state index contributed by atoms with van der Waals surface area (Å²) in [4.78, 5) is 39.0. The Kier molecular flexibility index (Phi) is 9.38. The molecule has 0 aliphatic carbocycles. The van der Waals surface area contributed by atoms with Gasteiger partial charge < -0.3 is 30.3 Å². The van der Waals surface area contributed by atoms with Crippen LogP contribution in [-0.4, -0.2) is 55.3 Å². The van der Waals surface area contributed by atoms with E-state index in [1.54, 1.807) is 23.1 Å². The van der Waals surface area contributed by atoms with Gasteiger partial charge in [-0.2, -0.15) is 0 Å². The number of para-hydroxylation sites is 1. The molecule has 0 unspecified atom stereocenters. The van der Waals surface area contributed by atoms with E-state index in [-0.39, 0.29) is 24.5 Å². The molecule has 9 nitrogen and oxygen atoms in total. The van der Waals surface area contributed by atoms with Crippen molar-refractivity contribution in [3.63, 3.8) is 0 Å². The van der Waals surface area contributed by atoms with Crippen molar-refractivity contribution in [3.05, 3.63) is 53.6 Å². The normalized spacial score (nSPS) is 14.0. The highest BCUT2D eigenvalue weighted by molar-refractivity contribution is 6.01. The van der Waals surface area contributed by atoms with Crippen molar-refractivity contribution < 1.29 is 23.9 Å². The molecule has 0 bridgehead atoms. The number of methoxy groups -OCH3 is 1. The number of piperidine rings is 1. The van der Waals surface area contributed by atoms with Gasteiger partial charge in [-0.05, 0) is 75.8 Å². The van der Waals surface area contributed by atoms with Gasteiger partial charge in [0.15, 0.2) is 0 Å². The first-order chi connectivity index (χ1) is 17.5. The molecule has 0 spiro atoms. The highest BCUT2D eigenvalue weighted by Crippen LogP contribution is 2.26. The zero-order chi connectivity index (χ0) is 27.0. The Morgan fingerprint density at radius 3 is 2.32 bits per heavy atom. The van der Waals surface area contributed by atoms with Crippen LogP contribution < -0.4 is 20.7 Å². The van der Waals surface area contributed by atoms with E-state index in [1.807, 2.05) is 52.0 Å². The van der Waals surface area contributed by atoms with Crippen molar-refractivity contribution in [2.75, 3.05) is 37.4 Å². The number of ether oxygens (including phenoxy) is 2. The lowest BCUT2D eigenvalue weighted by molar-refractivity contribution is -0.120. The van der Waals surface area contributed by atoms with Gasteiger partial charge >= 0.3 is 12.1 Å². The first-order valence-electron chi connectivity index (χ1n) is 12.6. The van der Waals surface area contributed by atoms with Gasteiger partial charge in [-0.3, -0.25) is 4.79 Å². The average molecular weight is 511 g/mol. The van der Waals surface area contributed by atoms with Crippen LogP contribution >= 0.6 is 0 Å². The number of nitrogens with one attached hydrogen (secondary N) is 3. The minimum absolute atomic E-state index is 0.0883. The fourth-order valence-corrected chi connectivity index (χ4v) is 4.09. The summed E-state index contributed by atoms with van der Waals surface area (Å²) in [5.74, 6) is 0.699. The quantitative estimate of drug-likeness (QED) is 0.488. The highest BCUT2D eigenvalue weighted by atomic mass is 16.6. The maximum Gasteiger partial charge on any atom is 0.410 e. The van der Waals surface area contributed by atoms with Gasteiger partial charge in [0, 0.05) is 25.3 Å². The third-order valence-electron chi connectivity index (χ3n) is 6.13. The molecule has 1 heterocycles. The van der Waals surface area contributed by atoms with Crippen LogP contribution in [0.3, 0.4) is 0 Å². The second kappa shape index (κ2) is 12.5. The maximum atomic E-state index is 12.6. The largest absolute Gasteiger partial charge is 0.495 e. The van der Waals surface area contributed by atoms with Gasteiger partial charge in [0.05, 0.1) is 19.2 Å². The van der Waals surface area contributed by atoms with Crippen molar-refractivity contribution >= 4 is 29.4 Å². The number of anilines is 2. The van der Waals surface area contributed by atoms with Crippen LogP contribution in [0.1, 0.15) is 44.7 Å². The Balaban J connectivity index is 1.46. The Bertz CT molecular complexity index is 1100. The fraction of sp³-hybridized carbons (Fsp3) is 0.464. The topological polar surface area (TPSA) is 109 Å². The zero-order valence-electron chi connectivity index (χ0n) is 22.3. The van der Waals surface area contributed by atoms with Crippen LogP contribution in [0.2, 0.25) is 0 Å². The number of aryl methyl sites for hydroxylation is 1. The molecular formula is C28H38N4O5. The van der Waals surface area contributed by atoms with E-state index < -0.39 is 5.60 Å². The average Bonchev–Trinajstić information content (AvgIpc) is 2.84. The summed E-state index contributed by atoms with van der Waals surface area (Å²) >= 11 is 0. The van der Waals surface area contributed by atoms with Crippen LogP contribution in [0.5, 0.6) is 5.75 Å². The van der Waals surface area contributed by atoms with E-state index in [0.717, 1.165) is 29.7 Å². The summed E-state index contributed by atoms with van der Waals surface area (Å²) in [5.41, 5.74) is 2.46. The number of hydrogen-bond donors (Lipinski definition) is 3. The summed E-state index contributed by atoms with van der Waals surface area (Å²) in [6, 6.07) is 12.4. The lowest BCUT2D eigenvalue weighted by atomic mass is 9.97. The van der Waals surface area contributed by atoms with E-state index in [0.29, 0.717) is 37.0 Å². The van der Waals surface area contributed by atoms with Crippen LogP contribution in [-0.2, 0) is 16.0 Å². The molecule has 4 amide bonds. The molecule has 0 atom stereocenters. The lowest BCUT2D eigenvalue weighted by Gasteiger charge is -2.33. The molecule has 0 saturated carbocycles. The summed E-state index contributed by atoms with van der Waals surface area (Å²) in [7, 11) is 1.52. The first kappa shape index (κ1) is 27.8. The van der Waals surface area contributed by atoms with E-state index >= 15 is 0 Å². The monoisotopic (exact) mass is 510 g/mol. The Morgan fingerprint density at radius 2 is 1.68 bits per heavy atom. The first-order valence-corrected chi connectivity index (χ1v) is 12.6. The number of nitrogens with zero attached hydrogens (tertiary/aromatic N) is 1. The minimum atomic E-state index is -0.507. The third-order valence-corrected chi connectivity index (χ3v) is 6.13. The molecule has 1 saturated heterocycles. The van der Waals surface area contributed by atoms with E-state index in [2.05, 4.69) is 16.0 Å². The molecule has 2 aromatic rings. The Labute approximate surface area is 218 Å². The number of benzene rings is 2. The molecule has 0 radical (unpaired) electrons. The molecule has 9 heteroatoms. The SMILES string of the molecule is COc1cc(CC(=O)NCC2CCN(C(=O)OC(C)(C)C)CC2)ccc1NC(=O)Nc1ccccc1C. The number of carbonyl (C=O) groups is 3. The number of urea groups is 1. The third kappa shape index (κ3) is 8.70. The summed E-state index contributed by atoms with van der Waals surface area (Å²) in [6.07, 6.45) is 1.55. The number of carbonyl (C=O) groups excluding carboxylic acids is 3. The molecule has 0 aromatic heterocycles. The van der Waals surface area contributed by atoms with Crippen molar-refractivity contribution in [3.8, 4) is 5.75 Å². The lowest BCUT2D eigenvalue weighted by Crippen LogP contribution is -2.43.